The number of hydrogen-bond acceptors (Lipinski definition) is 2. The van der Waals surface area contributed by atoms with Crippen LogP contribution in [0, 0.1) is 5.92 Å². The second-order valence-corrected chi connectivity index (χ2v) is 6.72. The van der Waals surface area contributed by atoms with Crippen LogP contribution < -0.4 is 0 Å². The minimum Gasteiger partial charge on any atom is -0.327 e. The maximum atomic E-state index is 6.13. The predicted octanol–water partition coefficient (Wildman–Crippen LogP) is 4.16. The van der Waals surface area contributed by atoms with Crippen molar-refractivity contribution in [3.63, 3.8) is 0 Å². The Kier molecular flexibility index (Phi) is 4.72. The molecule has 3 nitrogen and oxygen atoms in total. The summed E-state index contributed by atoms with van der Waals surface area (Å²) in [6.07, 6.45) is 2.67. The Morgan fingerprint density at radius 3 is 2.71 bits per heavy atom. The lowest BCUT2D eigenvalue weighted by molar-refractivity contribution is 0.272. The van der Waals surface area contributed by atoms with Gasteiger partial charge in [-0.05, 0) is 50.0 Å². The number of alkyl halides is 1. The van der Waals surface area contributed by atoms with E-state index in [1.807, 2.05) is 18.2 Å². The maximum absolute atomic E-state index is 6.13. The van der Waals surface area contributed by atoms with Crippen LogP contribution in [-0.2, 0) is 12.4 Å². The van der Waals surface area contributed by atoms with Gasteiger partial charge in [0.2, 0.25) is 0 Å². The van der Waals surface area contributed by atoms with E-state index in [4.69, 9.17) is 23.2 Å². The molecular weight excluding hydrogens is 305 g/mol. The monoisotopic (exact) mass is 325 g/mol. The molecule has 0 bridgehead atoms. The van der Waals surface area contributed by atoms with Crippen molar-refractivity contribution in [2.24, 2.45) is 5.92 Å². The van der Waals surface area contributed by atoms with Gasteiger partial charge in [-0.15, -0.1) is 11.6 Å². The summed E-state index contributed by atoms with van der Waals surface area (Å²) in [4.78, 5) is 7.17. The fourth-order valence-corrected chi connectivity index (χ4v) is 3.60. The molecule has 3 rings (SSSR count). The van der Waals surface area contributed by atoms with Gasteiger partial charge in [0.1, 0.15) is 5.82 Å². The lowest BCUT2D eigenvalue weighted by Crippen LogP contribution is -2.27. The average molecular weight is 326 g/mol. The zero-order chi connectivity index (χ0) is 14.8. The number of aromatic nitrogens is 2. The average Bonchev–Trinajstić information content (AvgIpc) is 3.07. The van der Waals surface area contributed by atoms with Gasteiger partial charge in [0.15, 0.2) is 0 Å². The van der Waals surface area contributed by atoms with E-state index >= 15 is 0 Å². The molecule has 1 aromatic carbocycles. The first-order valence-electron chi connectivity index (χ1n) is 7.60. The highest BCUT2D eigenvalue weighted by Gasteiger charge is 2.17. The molecule has 1 saturated heterocycles. The standard InChI is InChI=1S/C16H21Cl2N3/c1-12(10-20-6-2-3-7-20)11-21-15-8-13(18)4-5-14(15)19-16(21)9-17/h4-5,8,12H,2-3,6-7,9-11H2,1H3. The molecule has 21 heavy (non-hydrogen) atoms. The van der Waals surface area contributed by atoms with Crippen LogP contribution in [0.15, 0.2) is 18.2 Å². The second-order valence-electron chi connectivity index (χ2n) is 6.02. The van der Waals surface area contributed by atoms with Crippen molar-refractivity contribution in [1.82, 2.24) is 14.5 Å². The lowest BCUT2D eigenvalue weighted by atomic mass is 10.1. The van der Waals surface area contributed by atoms with Crippen LogP contribution in [0.25, 0.3) is 11.0 Å². The minimum absolute atomic E-state index is 0.433. The minimum atomic E-state index is 0.433. The van der Waals surface area contributed by atoms with Crippen LogP contribution in [0.3, 0.4) is 0 Å². The van der Waals surface area contributed by atoms with E-state index in [-0.39, 0.29) is 0 Å². The van der Waals surface area contributed by atoms with Gasteiger partial charge >= 0.3 is 0 Å². The van der Waals surface area contributed by atoms with Crippen molar-refractivity contribution in [3.8, 4) is 0 Å². The summed E-state index contributed by atoms with van der Waals surface area (Å²) in [5.41, 5.74) is 2.06. The largest absolute Gasteiger partial charge is 0.327 e. The molecule has 1 aliphatic heterocycles. The van der Waals surface area contributed by atoms with Gasteiger partial charge in [-0.2, -0.15) is 0 Å². The van der Waals surface area contributed by atoms with Crippen LogP contribution in [-0.4, -0.2) is 34.1 Å². The van der Waals surface area contributed by atoms with E-state index in [0.29, 0.717) is 11.8 Å². The molecule has 114 valence electrons. The van der Waals surface area contributed by atoms with Gasteiger partial charge < -0.3 is 9.47 Å². The molecule has 1 aliphatic rings. The Morgan fingerprint density at radius 1 is 1.24 bits per heavy atom. The molecular formula is C16H21Cl2N3. The van der Waals surface area contributed by atoms with E-state index < -0.39 is 0 Å². The third-order valence-corrected chi connectivity index (χ3v) is 4.65. The summed E-state index contributed by atoms with van der Waals surface area (Å²) in [7, 11) is 0. The van der Waals surface area contributed by atoms with Crippen molar-refractivity contribution in [2.45, 2.75) is 32.2 Å². The van der Waals surface area contributed by atoms with Gasteiger partial charge in [0.05, 0.1) is 16.9 Å². The fourth-order valence-electron chi connectivity index (χ4n) is 3.23. The highest BCUT2D eigenvalue weighted by molar-refractivity contribution is 6.31. The highest BCUT2D eigenvalue weighted by atomic mass is 35.5. The molecule has 1 atom stereocenters. The molecule has 2 aromatic rings. The van der Waals surface area contributed by atoms with E-state index in [9.17, 15) is 0 Å². The first-order valence-corrected chi connectivity index (χ1v) is 8.51. The summed E-state index contributed by atoms with van der Waals surface area (Å²) in [6, 6.07) is 5.84. The van der Waals surface area contributed by atoms with Crippen LogP contribution in [0.2, 0.25) is 5.02 Å². The van der Waals surface area contributed by atoms with E-state index in [1.165, 1.54) is 25.9 Å². The molecule has 5 heteroatoms. The number of nitrogens with zero attached hydrogens (tertiary/aromatic N) is 3. The smallest absolute Gasteiger partial charge is 0.124 e. The molecule has 0 saturated carbocycles. The highest BCUT2D eigenvalue weighted by Crippen LogP contribution is 2.23. The second kappa shape index (κ2) is 6.55. The summed E-state index contributed by atoms with van der Waals surface area (Å²) in [5, 5.41) is 0.747. The van der Waals surface area contributed by atoms with Crippen LogP contribution in [0.4, 0.5) is 0 Å². The van der Waals surface area contributed by atoms with Crippen LogP contribution in [0.1, 0.15) is 25.6 Å². The Balaban J connectivity index is 1.82. The Labute approximate surface area is 135 Å². The zero-order valence-electron chi connectivity index (χ0n) is 12.4. The SMILES string of the molecule is CC(CN1CCCC1)Cn1c(CCl)nc2ccc(Cl)cc21. The lowest BCUT2D eigenvalue weighted by Gasteiger charge is -2.21. The first kappa shape index (κ1) is 15.1. The summed E-state index contributed by atoms with van der Waals surface area (Å²) in [5.74, 6) is 1.94. The number of rotatable bonds is 5. The first-order chi connectivity index (χ1) is 10.2. The number of halogens is 2. The van der Waals surface area contributed by atoms with Crippen molar-refractivity contribution in [1.29, 1.82) is 0 Å². The van der Waals surface area contributed by atoms with E-state index in [2.05, 4.69) is 21.4 Å². The molecule has 0 N–H and O–H groups in total. The number of hydrogen-bond donors (Lipinski definition) is 0. The Morgan fingerprint density at radius 2 is 2.00 bits per heavy atom. The Bertz CT molecular complexity index is 617. The van der Waals surface area contributed by atoms with Crippen molar-refractivity contribution in [3.05, 3.63) is 29.0 Å². The summed E-state index contributed by atoms with van der Waals surface area (Å²) in [6.45, 7) is 6.86. The van der Waals surface area contributed by atoms with Gasteiger partial charge in [-0.1, -0.05) is 18.5 Å². The molecule has 0 amide bonds. The predicted molar refractivity (Wildman–Crippen MR) is 89.1 cm³/mol. The molecule has 0 spiro atoms. The third-order valence-electron chi connectivity index (χ3n) is 4.17. The van der Waals surface area contributed by atoms with E-state index in [1.54, 1.807) is 0 Å². The van der Waals surface area contributed by atoms with Gasteiger partial charge in [-0.3, -0.25) is 0 Å². The molecule has 1 fully saturated rings. The van der Waals surface area contributed by atoms with Crippen LogP contribution in [0.5, 0.6) is 0 Å². The maximum Gasteiger partial charge on any atom is 0.124 e. The molecule has 1 aromatic heterocycles. The fraction of sp³-hybridized carbons (Fsp3) is 0.562. The van der Waals surface area contributed by atoms with Crippen LogP contribution >= 0.6 is 23.2 Å². The van der Waals surface area contributed by atoms with Gasteiger partial charge in [0.25, 0.3) is 0 Å². The number of imidazole rings is 1. The van der Waals surface area contributed by atoms with Gasteiger partial charge in [-0.25, -0.2) is 4.98 Å². The molecule has 2 heterocycles. The van der Waals surface area contributed by atoms with Crippen molar-refractivity contribution < 1.29 is 0 Å². The molecule has 0 radical (unpaired) electrons. The molecule has 0 aliphatic carbocycles. The number of benzene rings is 1. The number of likely N-dealkylation sites (tertiary alicyclic amines) is 1. The summed E-state index contributed by atoms with van der Waals surface area (Å²) >= 11 is 12.2. The third kappa shape index (κ3) is 3.36. The van der Waals surface area contributed by atoms with Crippen molar-refractivity contribution in [2.75, 3.05) is 19.6 Å². The van der Waals surface area contributed by atoms with Gasteiger partial charge in [0, 0.05) is 18.1 Å². The zero-order valence-corrected chi connectivity index (χ0v) is 13.9. The molecule has 1 unspecified atom stereocenters. The van der Waals surface area contributed by atoms with E-state index in [0.717, 1.165) is 35.0 Å². The number of fused-ring (bicyclic) bond motifs is 1. The summed E-state index contributed by atoms with van der Waals surface area (Å²) < 4.78 is 2.23. The Hall–Kier alpha value is -0.770. The normalized spacial score (nSPS) is 17.7. The topological polar surface area (TPSA) is 21.1 Å². The van der Waals surface area contributed by atoms with Crippen molar-refractivity contribution >= 4 is 34.2 Å². The quantitative estimate of drug-likeness (QED) is 0.769.